The number of aromatic nitrogens is 4. The Hall–Kier alpha value is -3.40. The third kappa shape index (κ3) is 2.67. The molecule has 0 bridgehead atoms. The number of H-pyrrole nitrogens is 1. The van der Waals surface area contributed by atoms with Crippen LogP contribution >= 0.6 is 0 Å². The predicted octanol–water partition coefficient (Wildman–Crippen LogP) is 2.63. The second kappa shape index (κ2) is 6.30. The Morgan fingerprint density at radius 3 is 2.67 bits per heavy atom. The third-order valence-electron chi connectivity index (χ3n) is 7.01. The maximum atomic E-state index is 10.9. The van der Waals surface area contributed by atoms with E-state index in [1.807, 2.05) is 18.2 Å². The Bertz CT molecular complexity index is 1200. The topological polar surface area (TPSA) is 113 Å². The van der Waals surface area contributed by atoms with E-state index in [0.717, 1.165) is 42.5 Å². The second-order valence-corrected chi connectivity index (χ2v) is 8.91. The summed E-state index contributed by atoms with van der Waals surface area (Å²) in [6.07, 6.45) is 4.61. The number of nitrogens with two attached hydrogens (primary N) is 1. The van der Waals surface area contributed by atoms with Gasteiger partial charge in [0.25, 0.3) is 5.91 Å². The number of hydrogen-bond donors (Lipinski definition) is 2. The summed E-state index contributed by atoms with van der Waals surface area (Å²) >= 11 is 0. The average molecular weight is 398 g/mol. The highest BCUT2D eigenvalue weighted by atomic mass is 16.1. The molecule has 3 N–H and O–H groups in total. The van der Waals surface area contributed by atoms with Gasteiger partial charge < -0.3 is 5.73 Å². The van der Waals surface area contributed by atoms with E-state index in [4.69, 9.17) is 11.0 Å². The zero-order valence-corrected chi connectivity index (χ0v) is 16.5. The predicted molar refractivity (Wildman–Crippen MR) is 109 cm³/mol. The molecular formula is C23H22N6O. The van der Waals surface area contributed by atoms with E-state index < -0.39 is 5.91 Å². The van der Waals surface area contributed by atoms with Crippen LogP contribution in [0.15, 0.2) is 30.3 Å². The third-order valence-corrected chi connectivity index (χ3v) is 7.01. The van der Waals surface area contributed by atoms with Crippen molar-refractivity contribution >= 4 is 5.91 Å². The number of benzene rings is 1. The number of carbonyl (C=O) groups is 1. The lowest BCUT2D eigenvalue weighted by Gasteiger charge is -2.06. The minimum atomic E-state index is -0.409. The zero-order valence-electron chi connectivity index (χ0n) is 16.5. The van der Waals surface area contributed by atoms with Gasteiger partial charge in [-0.1, -0.05) is 30.3 Å². The average Bonchev–Trinajstić information content (AvgIpc) is 3.46. The maximum Gasteiger partial charge on any atom is 0.269 e. The van der Waals surface area contributed by atoms with Crippen LogP contribution < -0.4 is 5.73 Å². The summed E-state index contributed by atoms with van der Waals surface area (Å²) in [5, 5.41) is 20.5. The molecule has 1 amide bonds. The second-order valence-electron chi connectivity index (χ2n) is 8.91. The van der Waals surface area contributed by atoms with E-state index >= 15 is 0 Å². The minimum Gasteiger partial charge on any atom is -0.364 e. The molecule has 4 aliphatic rings. The van der Waals surface area contributed by atoms with E-state index in [2.05, 4.69) is 38.2 Å². The van der Waals surface area contributed by atoms with Crippen LogP contribution in [0.1, 0.15) is 68.9 Å². The first kappa shape index (κ1) is 17.5. The molecule has 3 aromatic rings. The monoisotopic (exact) mass is 398 g/mol. The maximum absolute atomic E-state index is 10.9. The van der Waals surface area contributed by atoms with Crippen molar-refractivity contribution in [1.82, 2.24) is 20.0 Å². The van der Waals surface area contributed by atoms with Gasteiger partial charge in [-0.3, -0.25) is 14.6 Å². The molecule has 7 heteroatoms. The molecule has 150 valence electrons. The molecular weight excluding hydrogens is 376 g/mol. The van der Waals surface area contributed by atoms with Gasteiger partial charge in [-0.2, -0.15) is 15.5 Å². The number of nitrogens with zero attached hydrogens (tertiary/aromatic N) is 4. The summed E-state index contributed by atoms with van der Waals surface area (Å²) in [6.45, 7) is 0.786. The van der Waals surface area contributed by atoms with E-state index in [1.54, 1.807) is 0 Å². The van der Waals surface area contributed by atoms with Crippen LogP contribution in [-0.4, -0.2) is 25.9 Å². The van der Waals surface area contributed by atoms with Gasteiger partial charge in [-0.15, -0.1) is 0 Å². The lowest BCUT2D eigenvalue weighted by molar-refractivity contribution is 0.0994. The van der Waals surface area contributed by atoms with Crippen molar-refractivity contribution in [3.63, 3.8) is 0 Å². The van der Waals surface area contributed by atoms with E-state index in [9.17, 15) is 4.79 Å². The fourth-order valence-corrected chi connectivity index (χ4v) is 5.35. The summed E-state index contributed by atoms with van der Waals surface area (Å²) < 4.78 is 2.06. The highest BCUT2D eigenvalue weighted by molar-refractivity contribution is 5.92. The van der Waals surface area contributed by atoms with Crippen LogP contribution in [0.4, 0.5) is 0 Å². The van der Waals surface area contributed by atoms with Crippen molar-refractivity contribution in [2.75, 3.05) is 0 Å². The van der Waals surface area contributed by atoms with Crippen molar-refractivity contribution in [3.8, 4) is 6.07 Å². The first-order valence-corrected chi connectivity index (χ1v) is 10.5. The first-order chi connectivity index (χ1) is 14.6. The van der Waals surface area contributed by atoms with Crippen molar-refractivity contribution in [2.45, 2.75) is 44.1 Å². The molecule has 2 fully saturated rings. The lowest BCUT2D eigenvalue weighted by atomic mass is 10.1. The molecule has 0 unspecified atom stereocenters. The van der Waals surface area contributed by atoms with Gasteiger partial charge in [-0.05, 0) is 43.1 Å². The normalized spacial score (nSPS) is 25.8. The Morgan fingerprint density at radius 1 is 1.17 bits per heavy atom. The van der Waals surface area contributed by atoms with E-state index in [-0.39, 0.29) is 0 Å². The van der Waals surface area contributed by atoms with Crippen LogP contribution in [0.2, 0.25) is 0 Å². The summed E-state index contributed by atoms with van der Waals surface area (Å²) in [4.78, 5) is 10.9. The molecule has 0 radical (unpaired) electrons. The van der Waals surface area contributed by atoms with Gasteiger partial charge in [0.1, 0.15) is 6.07 Å². The van der Waals surface area contributed by atoms with Gasteiger partial charge in [-0.25, -0.2) is 0 Å². The van der Waals surface area contributed by atoms with Crippen molar-refractivity contribution in [1.29, 1.82) is 5.26 Å². The Morgan fingerprint density at radius 2 is 1.90 bits per heavy atom. The largest absolute Gasteiger partial charge is 0.364 e. The SMILES string of the molecule is N#Cc1nn(Cc2ccccc2)c2c1C[C@H]1C[C@@H]21.NC(=O)c1n[nH]c2c1C[C@H]1C[C@@H]21. The first-order valence-electron chi connectivity index (χ1n) is 10.5. The number of nitriles is 1. The lowest BCUT2D eigenvalue weighted by Crippen LogP contribution is -2.13. The van der Waals surface area contributed by atoms with Gasteiger partial charge in [0.2, 0.25) is 0 Å². The molecule has 1 aromatic carbocycles. The molecule has 4 atom stereocenters. The van der Waals surface area contributed by atoms with Crippen LogP contribution in [-0.2, 0) is 19.4 Å². The number of amides is 1. The Balaban J connectivity index is 0.000000126. The number of aromatic amines is 1. The van der Waals surface area contributed by atoms with Crippen molar-refractivity contribution in [3.05, 3.63) is 69.8 Å². The Kier molecular flexibility index (Phi) is 3.66. The van der Waals surface area contributed by atoms with Crippen molar-refractivity contribution < 1.29 is 4.79 Å². The molecule has 0 spiro atoms. The highest BCUT2D eigenvalue weighted by Crippen LogP contribution is 2.57. The minimum absolute atomic E-state index is 0.409. The van der Waals surface area contributed by atoms with E-state index in [1.165, 1.54) is 29.7 Å². The molecule has 0 saturated heterocycles. The molecule has 2 heterocycles. The van der Waals surface area contributed by atoms with Gasteiger partial charge in [0.15, 0.2) is 11.4 Å². The number of nitrogens with one attached hydrogen (secondary N) is 1. The number of rotatable bonds is 3. The molecule has 7 rings (SSSR count). The molecule has 7 nitrogen and oxygen atoms in total. The molecule has 30 heavy (non-hydrogen) atoms. The van der Waals surface area contributed by atoms with Crippen LogP contribution in [0.5, 0.6) is 0 Å². The summed E-state index contributed by atoms with van der Waals surface area (Å²) in [7, 11) is 0. The van der Waals surface area contributed by atoms with Gasteiger partial charge in [0.05, 0.1) is 6.54 Å². The Labute approximate surface area is 173 Å². The van der Waals surface area contributed by atoms with Gasteiger partial charge in [0, 0.05) is 34.4 Å². The fraction of sp³-hybridized carbons (Fsp3) is 0.391. The van der Waals surface area contributed by atoms with Crippen molar-refractivity contribution in [2.24, 2.45) is 17.6 Å². The van der Waals surface area contributed by atoms with Gasteiger partial charge >= 0.3 is 0 Å². The highest BCUT2D eigenvalue weighted by Gasteiger charge is 2.49. The zero-order chi connectivity index (χ0) is 20.4. The molecule has 2 aromatic heterocycles. The molecule has 2 saturated carbocycles. The summed E-state index contributed by atoms with van der Waals surface area (Å²) in [5.41, 5.74) is 12.3. The standard InChI is InChI=1S/C15H13N3.C8H9N3O/c16-8-14-13-7-11-6-12(11)15(13)18(17-14)9-10-4-2-1-3-5-10;9-8(12)7-5-2-3-1-4(3)6(5)10-11-7/h1-5,11-12H,6-7,9H2;3-4H,1-2H2,(H2,9,12)(H,10,11)/t11-,12-;3-,4-/m11/s1. The number of carbonyl (C=O) groups excluding carboxylic acids is 1. The van der Waals surface area contributed by atoms with E-state index in [0.29, 0.717) is 23.2 Å². The number of primary amides is 1. The molecule has 0 aliphatic heterocycles. The van der Waals surface area contributed by atoms with Crippen LogP contribution in [0.25, 0.3) is 0 Å². The fourth-order valence-electron chi connectivity index (χ4n) is 5.35. The number of fused-ring (bicyclic) bond motifs is 6. The molecule has 4 aliphatic carbocycles. The summed E-state index contributed by atoms with van der Waals surface area (Å²) in [5.74, 6) is 2.49. The van der Waals surface area contributed by atoms with Crippen LogP contribution in [0.3, 0.4) is 0 Å². The number of hydrogen-bond acceptors (Lipinski definition) is 4. The quantitative estimate of drug-likeness (QED) is 0.706. The summed E-state index contributed by atoms with van der Waals surface area (Å²) in [6, 6.07) is 12.6. The smallest absolute Gasteiger partial charge is 0.269 e. The van der Waals surface area contributed by atoms with Crippen LogP contribution in [0, 0.1) is 23.2 Å².